The summed E-state index contributed by atoms with van der Waals surface area (Å²) in [5.41, 5.74) is 3.68. The van der Waals surface area contributed by atoms with Gasteiger partial charge in [0.15, 0.2) is 0 Å². The third-order valence-electron chi connectivity index (χ3n) is 5.04. The molecule has 5 heteroatoms. The van der Waals surface area contributed by atoms with Gasteiger partial charge >= 0.3 is 0 Å². The lowest BCUT2D eigenvalue weighted by molar-refractivity contribution is -0.131. The number of carbonyl (C=O) groups is 2. The number of benzene rings is 2. The van der Waals surface area contributed by atoms with Crippen molar-refractivity contribution < 1.29 is 14.0 Å². The molecule has 0 saturated heterocycles. The van der Waals surface area contributed by atoms with Crippen LogP contribution in [-0.2, 0) is 4.79 Å². The summed E-state index contributed by atoms with van der Waals surface area (Å²) in [6, 6.07) is 13.6. The molecular weight excluding hydrogens is 331 g/mol. The Kier molecular flexibility index (Phi) is 4.29. The number of rotatable bonds is 3. The highest BCUT2D eigenvalue weighted by molar-refractivity contribution is 5.99. The molecule has 2 heterocycles. The van der Waals surface area contributed by atoms with Crippen LogP contribution in [0.25, 0.3) is 5.57 Å². The van der Waals surface area contributed by atoms with E-state index in [-0.39, 0.29) is 30.1 Å². The first-order valence-corrected chi connectivity index (χ1v) is 8.74. The van der Waals surface area contributed by atoms with Crippen molar-refractivity contribution in [2.45, 2.75) is 18.9 Å². The number of amides is 2. The van der Waals surface area contributed by atoms with Crippen LogP contribution in [0.1, 0.15) is 40.4 Å². The van der Waals surface area contributed by atoms with Crippen molar-refractivity contribution in [1.82, 2.24) is 10.2 Å². The van der Waals surface area contributed by atoms with E-state index in [1.54, 1.807) is 23.1 Å². The van der Waals surface area contributed by atoms with Gasteiger partial charge in [-0.2, -0.15) is 0 Å². The second-order valence-electron chi connectivity index (χ2n) is 6.64. The average molecular weight is 350 g/mol. The van der Waals surface area contributed by atoms with Gasteiger partial charge in [-0.3, -0.25) is 9.59 Å². The van der Waals surface area contributed by atoms with Gasteiger partial charge in [0.05, 0.1) is 12.5 Å². The Labute approximate surface area is 151 Å². The number of nitrogens with one attached hydrogen (secondary N) is 1. The molecule has 2 aromatic carbocycles. The van der Waals surface area contributed by atoms with E-state index >= 15 is 0 Å². The van der Waals surface area contributed by atoms with E-state index in [9.17, 15) is 14.0 Å². The molecule has 1 N–H and O–H groups in total. The Balaban J connectivity index is 1.41. The first-order valence-electron chi connectivity index (χ1n) is 8.74. The van der Waals surface area contributed by atoms with Gasteiger partial charge in [-0.25, -0.2) is 4.39 Å². The number of hydrogen-bond donors (Lipinski definition) is 1. The fourth-order valence-corrected chi connectivity index (χ4v) is 3.61. The van der Waals surface area contributed by atoms with Gasteiger partial charge in [0.2, 0.25) is 5.91 Å². The molecule has 1 atom stereocenters. The van der Waals surface area contributed by atoms with Crippen molar-refractivity contribution in [3.05, 3.63) is 77.1 Å². The second kappa shape index (κ2) is 6.75. The van der Waals surface area contributed by atoms with Crippen molar-refractivity contribution in [3.63, 3.8) is 0 Å². The number of halogens is 1. The first kappa shape index (κ1) is 16.5. The third-order valence-corrected chi connectivity index (χ3v) is 5.04. The van der Waals surface area contributed by atoms with E-state index in [0.29, 0.717) is 18.7 Å². The quantitative estimate of drug-likeness (QED) is 0.923. The van der Waals surface area contributed by atoms with Gasteiger partial charge in [0.25, 0.3) is 5.91 Å². The average Bonchev–Trinajstić information content (AvgIpc) is 2.98. The maximum Gasteiger partial charge on any atom is 0.252 e. The largest absolute Gasteiger partial charge is 0.345 e. The van der Waals surface area contributed by atoms with Crippen LogP contribution in [0, 0.1) is 5.82 Å². The van der Waals surface area contributed by atoms with Crippen molar-refractivity contribution in [1.29, 1.82) is 0 Å². The number of nitrogens with zero attached hydrogens (tertiary/aromatic N) is 1. The Morgan fingerprint density at radius 2 is 1.92 bits per heavy atom. The Bertz CT molecular complexity index is 889. The maximum atomic E-state index is 13.0. The molecule has 2 amide bonds. The smallest absolute Gasteiger partial charge is 0.252 e. The number of fused-ring (bicyclic) bond motifs is 1. The predicted molar refractivity (Wildman–Crippen MR) is 96.8 cm³/mol. The van der Waals surface area contributed by atoms with Crippen LogP contribution in [-0.4, -0.2) is 29.8 Å². The van der Waals surface area contributed by atoms with Gasteiger partial charge in [-0.05, 0) is 41.3 Å². The molecule has 0 saturated carbocycles. The van der Waals surface area contributed by atoms with Crippen molar-refractivity contribution >= 4 is 17.4 Å². The van der Waals surface area contributed by atoms with E-state index in [4.69, 9.17) is 0 Å². The third kappa shape index (κ3) is 3.12. The highest BCUT2D eigenvalue weighted by atomic mass is 19.1. The van der Waals surface area contributed by atoms with Crippen LogP contribution < -0.4 is 5.32 Å². The van der Waals surface area contributed by atoms with Gasteiger partial charge in [-0.1, -0.05) is 36.4 Å². The molecule has 2 aliphatic heterocycles. The van der Waals surface area contributed by atoms with E-state index in [2.05, 4.69) is 5.32 Å². The highest BCUT2D eigenvalue weighted by Crippen LogP contribution is 2.29. The Hall–Kier alpha value is -2.95. The summed E-state index contributed by atoms with van der Waals surface area (Å²) < 4.78 is 13.0. The molecule has 4 rings (SSSR count). The molecule has 132 valence electrons. The summed E-state index contributed by atoms with van der Waals surface area (Å²) in [4.78, 5) is 26.4. The molecule has 0 aliphatic carbocycles. The van der Waals surface area contributed by atoms with E-state index in [1.807, 2.05) is 24.3 Å². The van der Waals surface area contributed by atoms with Crippen LogP contribution in [0.5, 0.6) is 0 Å². The predicted octanol–water partition coefficient (Wildman–Crippen LogP) is 3.32. The Morgan fingerprint density at radius 3 is 2.65 bits per heavy atom. The zero-order valence-corrected chi connectivity index (χ0v) is 14.2. The minimum absolute atomic E-state index is 0.0291. The van der Waals surface area contributed by atoms with Gasteiger partial charge in [-0.15, -0.1) is 0 Å². The molecule has 0 radical (unpaired) electrons. The SMILES string of the molecule is O=C1N[C@H](CC(=O)N2CC=C(c3ccc(F)cc3)CC2)c2ccccc21. The summed E-state index contributed by atoms with van der Waals surface area (Å²) in [5.74, 6) is -0.335. The van der Waals surface area contributed by atoms with E-state index in [0.717, 1.165) is 23.1 Å². The molecule has 0 aromatic heterocycles. The summed E-state index contributed by atoms with van der Waals surface area (Å²) in [6.07, 6.45) is 3.03. The van der Waals surface area contributed by atoms with Crippen LogP contribution in [0.3, 0.4) is 0 Å². The van der Waals surface area contributed by atoms with Crippen LogP contribution in [0.2, 0.25) is 0 Å². The van der Waals surface area contributed by atoms with Crippen molar-refractivity contribution in [3.8, 4) is 0 Å². The molecule has 26 heavy (non-hydrogen) atoms. The maximum absolute atomic E-state index is 13.0. The molecule has 2 aliphatic rings. The fraction of sp³-hybridized carbons (Fsp3) is 0.238. The van der Waals surface area contributed by atoms with Crippen LogP contribution in [0.4, 0.5) is 4.39 Å². The van der Waals surface area contributed by atoms with Crippen molar-refractivity contribution in [2.75, 3.05) is 13.1 Å². The molecule has 0 spiro atoms. The molecule has 4 nitrogen and oxygen atoms in total. The lowest BCUT2D eigenvalue weighted by atomic mass is 9.98. The monoisotopic (exact) mass is 350 g/mol. The van der Waals surface area contributed by atoms with Gasteiger partial charge < -0.3 is 10.2 Å². The van der Waals surface area contributed by atoms with Crippen molar-refractivity contribution in [2.24, 2.45) is 0 Å². The normalized spacial score (nSPS) is 19.0. The van der Waals surface area contributed by atoms with E-state index < -0.39 is 0 Å². The van der Waals surface area contributed by atoms with E-state index in [1.165, 1.54) is 12.1 Å². The lowest BCUT2D eigenvalue weighted by Gasteiger charge is -2.28. The molecule has 0 unspecified atom stereocenters. The topological polar surface area (TPSA) is 49.4 Å². The summed E-state index contributed by atoms with van der Waals surface area (Å²) in [5, 5.41) is 2.89. The Morgan fingerprint density at radius 1 is 1.15 bits per heavy atom. The van der Waals surface area contributed by atoms with Gasteiger partial charge in [0, 0.05) is 18.7 Å². The van der Waals surface area contributed by atoms with Crippen LogP contribution >= 0.6 is 0 Å². The molecule has 0 bridgehead atoms. The molecular formula is C21H19FN2O2. The minimum atomic E-state index is -0.256. The highest BCUT2D eigenvalue weighted by Gasteiger charge is 2.31. The molecule has 2 aromatic rings. The summed E-state index contributed by atoms with van der Waals surface area (Å²) in [6.45, 7) is 1.16. The van der Waals surface area contributed by atoms with Gasteiger partial charge in [0.1, 0.15) is 5.82 Å². The first-order chi connectivity index (χ1) is 12.6. The zero-order chi connectivity index (χ0) is 18.1. The zero-order valence-electron chi connectivity index (χ0n) is 14.2. The second-order valence-corrected chi connectivity index (χ2v) is 6.64. The molecule has 0 fully saturated rings. The van der Waals surface area contributed by atoms with Crippen LogP contribution in [0.15, 0.2) is 54.6 Å². The number of carbonyl (C=O) groups excluding carboxylic acids is 2. The fourth-order valence-electron chi connectivity index (χ4n) is 3.61. The minimum Gasteiger partial charge on any atom is -0.345 e. The standard InChI is InChI=1S/C21H19FN2O2/c22-16-7-5-14(6-8-16)15-9-11-24(12-10-15)20(25)13-19-17-3-1-2-4-18(17)21(26)23-19/h1-9,19H,10-13H2,(H,23,26)/t19-/m1/s1. The summed E-state index contributed by atoms with van der Waals surface area (Å²) in [7, 11) is 0. The summed E-state index contributed by atoms with van der Waals surface area (Å²) >= 11 is 0. The number of hydrogen-bond acceptors (Lipinski definition) is 2. The lowest BCUT2D eigenvalue weighted by Crippen LogP contribution is -2.36.